The highest BCUT2D eigenvalue weighted by Gasteiger charge is 2.17. The molecule has 0 amide bonds. The van der Waals surface area contributed by atoms with Crippen LogP contribution in [0.3, 0.4) is 0 Å². The number of aliphatic hydroxyl groups is 1. The van der Waals surface area contributed by atoms with E-state index in [-0.39, 0.29) is 11.6 Å². The topological polar surface area (TPSA) is 84.2 Å². The van der Waals surface area contributed by atoms with Crippen molar-refractivity contribution in [2.45, 2.75) is 18.4 Å². The van der Waals surface area contributed by atoms with E-state index in [0.717, 1.165) is 12.2 Å². The monoisotopic (exact) mass is 293 g/mol. The fourth-order valence-electron chi connectivity index (χ4n) is 1.25. The van der Waals surface area contributed by atoms with Crippen LogP contribution in [0.2, 0.25) is 0 Å². The smallest absolute Gasteiger partial charge is 0.259 e. The van der Waals surface area contributed by atoms with Crippen molar-refractivity contribution in [1.29, 1.82) is 0 Å². The van der Waals surface area contributed by atoms with E-state index in [4.69, 9.17) is 5.11 Å². The first-order chi connectivity index (χ1) is 8.47. The average molecular weight is 293 g/mol. The standard InChI is InChI=1S/C10H19N3O3S2/c1-9-12-10(8-13(9)2)18(15,16)11-4-7-17-6-3-5-14/h8,11,14H,3-7H2,1-2H3. The molecule has 0 aliphatic heterocycles. The van der Waals surface area contributed by atoms with Crippen LogP contribution in [0.4, 0.5) is 0 Å². The van der Waals surface area contributed by atoms with Gasteiger partial charge in [0.25, 0.3) is 10.0 Å². The van der Waals surface area contributed by atoms with Crippen LogP contribution in [-0.4, -0.2) is 47.7 Å². The number of hydrogen-bond donors (Lipinski definition) is 2. The Morgan fingerprint density at radius 3 is 2.78 bits per heavy atom. The largest absolute Gasteiger partial charge is 0.396 e. The third-order valence-corrected chi connectivity index (χ3v) is 4.75. The van der Waals surface area contributed by atoms with Gasteiger partial charge in [0.15, 0.2) is 5.03 Å². The molecule has 0 saturated heterocycles. The Bertz CT molecular complexity index is 451. The van der Waals surface area contributed by atoms with Gasteiger partial charge < -0.3 is 9.67 Å². The number of nitrogens with zero attached hydrogens (tertiary/aromatic N) is 2. The summed E-state index contributed by atoms with van der Waals surface area (Å²) in [6.45, 7) is 2.30. The fourth-order valence-corrected chi connectivity index (χ4v) is 3.23. The van der Waals surface area contributed by atoms with Crippen molar-refractivity contribution < 1.29 is 13.5 Å². The molecule has 0 fully saturated rings. The highest BCUT2D eigenvalue weighted by molar-refractivity contribution is 7.99. The normalized spacial score (nSPS) is 11.9. The molecule has 0 aliphatic rings. The Morgan fingerprint density at radius 2 is 2.22 bits per heavy atom. The van der Waals surface area contributed by atoms with Gasteiger partial charge >= 0.3 is 0 Å². The number of aliphatic hydroxyl groups excluding tert-OH is 1. The van der Waals surface area contributed by atoms with Gasteiger partial charge in [-0.1, -0.05) is 0 Å². The van der Waals surface area contributed by atoms with Crippen LogP contribution >= 0.6 is 11.8 Å². The van der Waals surface area contributed by atoms with Crippen molar-refractivity contribution in [2.75, 3.05) is 24.7 Å². The quantitative estimate of drug-likeness (QED) is 0.665. The van der Waals surface area contributed by atoms with E-state index in [1.807, 2.05) is 0 Å². The van der Waals surface area contributed by atoms with E-state index >= 15 is 0 Å². The minimum atomic E-state index is -3.50. The summed E-state index contributed by atoms with van der Waals surface area (Å²) < 4.78 is 27.9. The molecule has 2 N–H and O–H groups in total. The van der Waals surface area contributed by atoms with Crippen LogP contribution in [0.1, 0.15) is 12.2 Å². The van der Waals surface area contributed by atoms with Crippen LogP contribution < -0.4 is 4.72 Å². The van der Waals surface area contributed by atoms with Crippen LogP contribution in [0.15, 0.2) is 11.2 Å². The average Bonchev–Trinajstić information content (AvgIpc) is 2.65. The SMILES string of the molecule is Cc1nc(S(=O)(=O)NCCSCCCO)cn1C. The minimum Gasteiger partial charge on any atom is -0.396 e. The second-order valence-electron chi connectivity index (χ2n) is 3.82. The summed E-state index contributed by atoms with van der Waals surface area (Å²) in [6, 6.07) is 0. The van der Waals surface area contributed by atoms with Crippen molar-refractivity contribution in [1.82, 2.24) is 14.3 Å². The van der Waals surface area contributed by atoms with E-state index < -0.39 is 10.0 Å². The highest BCUT2D eigenvalue weighted by atomic mass is 32.2. The summed E-state index contributed by atoms with van der Waals surface area (Å²) in [5.74, 6) is 2.18. The zero-order valence-corrected chi connectivity index (χ0v) is 12.2. The Balaban J connectivity index is 2.41. The molecular weight excluding hydrogens is 274 g/mol. The Hall–Kier alpha value is -0.570. The number of sulfonamides is 1. The van der Waals surface area contributed by atoms with E-state index in [2.05, 4.69) is 9.71 Å². The number of imidazole rings is 1. The van der Waals surface area contributed by atoms with Crippen LogP contribution in [0.5, 0.6) is 0 Å². The number of rotatable bonds is 8. The maximum atomic E-state index is 11.9. The van der Waals surface area contributed by atoms with Gasteiger partial charge in [-0.25, -0.2) is 18.1 Å². The van der Waals surface area contributed by atoms with Gasteiger partial charge in [0.1, 0.15) is 5.82 Å². The molecule has 1 aromatic rings. The molecule has 0 atom stereocenters. The summed E-state index contributed by atoms with van der Waals surface area (Å²) in [7, 11) is -1.74. The number of hydrogen-bond acceptors (Lipinski definition) is 5. The first-order valence-electron chi connectivity index (χ1n) is 5.65. The number of aromatic nitrogens is 2. The zero-order valence-electron chi connectivity index (χ0n) is 10.6. The van der Waals surface area contributed by atoms with Gasteiger partial charge in [0, 0.05) is 32.1 Å². The molecule has 0 radical (unpaired) electrons. The first kappa shape index (κ1) is 15.5. The lowest BCUT2D eigenvalue weighted by molar-refractivity contribution is 0.296. The van der Waals surface area contributed by atoms with Gasteiger partial charge in [-0.05, 0) is 19.1 Å². The summed E-state index contributed by atoms with van der Waals surface area (Å²) in [4.78, 5) is 3.98. The fraction of sp³-hybridized carbons (Fsp3) is 0.700. The van der Waals surface area contributed by atoms with Crippen molar-refractivity contribution in [2.24, 2.45) is 7.05 Å². The first-order valence-corrected chi connectivity index (χ1v) is 8.29. The zero-order chi connectivity index (χ0) is 13.6. The molecule has 1 rings (SSSR count). The lowest BCUT2D eigenvalue weighted by Gasteiger charge is -2.03. The van der Waals surface area contributed by atoms with Gasteiger partial charge in [-0.15, -0.1) is 0 Å². The molecular formula is C10H19N3O3S2. The molecule has 0 saturated carbocycles. The summed E-state index contributed by atoms with van der Waals surface area (Å²) in [5, 5.41) is 8.65. The molecule has 0 aliphatic carbocycles. The lowest BCUT2D eigenvalue weighted by atomic mass is 10.5. The molecule has 8 heteroatoms. The van der Waals surface area contributed by atoms with Gasteiger partial charge in [0.2, 0.25) is 0 Å². The second-order valence-corrected chi connectivity index (χ2v) is 6.76. The Labute approximate surface area is 112 Å². The van der Waals surface area contributed by atoms with Crippen LogP contribution in [0.25, 0.3) is 0 Å². The number of nitrogens with one attached hydrogen (secondary N) is 1. The Morgan fingerprint density at radius 1 is 1.50 bits per heavy atom. The molecule has 1 aromatic heterocycles. The van der Waals surface area contributed by atoms with Gasteiger partial charge in [0.05, 0.1) is 0 Å². The maximum Gasteiger partial charge on any atom is 0.259 e. The second kappa shape index (κ2) is 7.13. The maximum absolute atomic E-state index is 11.9. The van der Waals surface area contributed by atoms with Crippen molar-refractivity contribution in [3.05, 3.63) is 12.0 Å². The van der Waals surface area contributed by atoms with E-state index in [1.165, 1.54) is 6.20 Å². The van der Waals surface area contributed by atoms with Crippen molar-refractivity contribution in [3.8, 4) is 0 Å². The lowest BCUT2D eigenvalue weighted by Crippen LogP contribution is -2.26. The Kier molecular flexibility index (Phi) is 6.13. The molecule has 104 valence electrons. The molecule has 18 heavy (non-hydrogen) atoms. The van der Waals surface area contributed by atoms with Crippen LogP contribution in [0, 0.1) is 6.92 Å². The van der Waals surface area contributed by atoms with Crippen molar-refractivity contribution >= 4 is 21.8 Å². The van der Waals surface area contributed by atoms with Crippen molar-refractivity contribution in [3.63, 3.8) is 0 Å². The summed E-state index contributed by atoms with van der Waals surface area (Å²) in [6.07, 6.45) is 2.23. The molecule has 1 heterocycles. The molecule has 0 bridgehead atoms. The summed E-state index contributed by atoms with van der Waals surface area (Å²) in [5.41, 5.74) is 0. The number of thioether (sulfide) groups is 1. The van der Waals surface area contributed by atoms with Gasteiger partial charge in [-0.3, -0.25) is 0 Å². The van der Waals surface area contributed by atoms with E-state index in [1.54, 1.807) is 30.3 Å². The molecule has 0 unspecified atom stereocenters. The summed E-state index contributed by atoms with van der Waals surface area (Å²) >= 11 is 1.61. The predicted molar refractivity (Wildman–Crippen MR) is 72.2 cm³/mol. The minimum absolute atomic E-state index is 0.0582. The number of aryl methyl sites for hydroxylation is 2. The van der Waals surface area contributed by atoms with Gasteiger partial charge in [-0.2, -0.15) is 11.8 Å². The highest BCUT2D eigenvalue weighted by Crippen LogP contribution is 2.07. The molecule has 6 nitrogen and oxygen atoms in total. The van der Waals surface area contributed by atoms with E-state index in [9.17, 15) is 8.42 Å². The predicted octanol–water partition coefficient (Wildman–Crippen LogP) is 0.122. The third kappa shape index (κ3) is 4.60. The van der Waals surface area contributed by atoms with Crippen LogP contribution in [-0.2, 0) is 17.1 Å². The molecule has 0 aromatic carbocycles. The molecule has 0 spiro atoms. The third-order valence-electron chi connectivity index (χ3n) is 2.35. The van der Waals surface area contributed by atoms with E-state index in [0.29, 0.717) is 18.1 Å².